The number of aryl methyl sites for hydroxylation is 1. The van der Waals surface area contributed by atoms with Gasteiger partial charge in [-0.1, -0.05) is 34.1 Å². The number of hydrogen-bond donors (Lipinski definition) is 0. The highest BCUT2D eigenvalue weighted by molar-refractivity contribution is 9.10. The summed E-state index contributed by atoms with van der Waals surface area (Å²) in [5.41, 5.74) is 2.15. The summed E-state index contributed by atoms with van der Waals surface area (Å²) < 4.78 is 3.01. The molecule has 0 aliphatic heterocycles. The maximum Gasteiger partial charge on any atom is 0.0934 e. The van der Waals surface area contributed by atoms with Crippen LogP contribution in [0.2, 0.25) is 0 Å². The van der Waals surface area contributed by atoms with Gasteiger partial charge in [0.05, 0.1) is 5.69 Å². The molecule has 0 saturated carbocycles. The summed E-state index contributed by atoms with van der Waals surface area (Å²) in [5.74, 6) is 0. The molecule has 2 nitrogen and oxygen atoms in total. The Balaban J connectivity index is 2.44. The molecule has 0 radical (unpaired) electrons. The molecule has 0 N–H and O–H groups in total. The van der Waals surface area contributed by atoms with Gasteiger partial charge in [-0.2, -0.15) is 5.10 Å². The van der Waals surface area contributed by atoms with Crippen LogP contribution in [0.5, 0.6) is 0 Å². The van der Waals surface area contributed by atoms with E-state index >= 15 is 0 Å². The van der Waals surface area contributed by atoms with E-state index in [0.717, 1.165) is 22.3 Å². The monoisotopic (exact) mass is 250 g/mol. The zero-order chi connectivity index (χ0) is 9.97. The quantitative estimate of drug-likeness (QED) is 0.800. The minimum absolute atomic E-state index is 0.907. The number of rotatable bonds is 2. The summed E-state index contributed by atoms with van der Waals surface area (Å²) in [6, 6.07) is 10.1. The van der Waals surface area contributed by atoms with Crippen LogP contribution >= 0.6 is 15.9 Å². The third kappa shape index (κ3) is 1.73. The van der Waals surface area contributed by atoms with Crippen molar-refractivity contribution in [2.75, 3.05) is 0 Å². The van der Waals surface area contributed by atoms with E-state index in [-0.39, 0.29) is 0 Å². The van der Waals surface area contributed by atoms with E-state index in [1.54, 1.807) is 0 Å². The van der Waals surface area contributed by atoms with Gasteiger partial charge < -0.3 is 0 Å². The second kappa shape index (κ2) is 3.96. The summed E-state index contributed by atoms with van der Waals surface area (Å²) in [7, 11) is 0. The molecule has 14 heavy (non-hydrogen) atoms. The number of aromatic nitrogens is 2. The van der Waals surface area contributed by atoms with E-state index in [9.17, 15) is 0 Å². The Hall–Kier alpha value is -1.09. The van der Waals surface area contributed by atoms with Crippen molar-refractivity contribution in [3.05, 3.63) is 41.0 Å². The summed E-state index contributed by atoms with van der Waals surface area (Å²) in [5, 5.41) is 4.45. The Morgan fingerprint density at radius 3 is 2.71 bits per heavy atom. The Morgan fingerprint density at radius 2 is 2.07 bits per heavy atom. The van der Waals surface area contributed by atoms with Crippen molar-refractivity contribution in [1.29, 1.82) is 0 Å². The normalized spacial score (nSPS) is 10.4. The molecule has 0 amide bonds. The molecular weight excluding hydrogens is 240 g/mol. The highest BCUT2D eigenvalue weighted by Crippen LogP contribution is 2.25. The van der Waals surface area contributed by atoms with Crippen molar-refractivity contribution in [1.82, 2.24) is 9.78 Å². The lowest BCUT2D eigenvalue weighted by molar-refractivity contribution is 0.662. The zero-order valence-electron chi connectivity index (χ0n) is 7.94. The molecule has 0 aliphatic carbocycles. The molecule has 0 saturated heterocycles. The van der Waals surface area contributed by atoms with Gasteiger partial charge in [-0.3, -0.25) is 4.68 Å². The predicted octanol–water partition coefficient (Wildman–Crippen LogP) is 3.33. The first-order chi connectivity index (χ1) is 6.81. The number of hydrogen-bond acceptors (Lipinski definition) is 1. The lowest BCUT2D eigenvalue weighted by atomic mass is 10.2. The second-order valence-corrected chi connectivity index (χ2v) is 3.89. The van der Waals surface area contributed by atoms with E-state index in [1.165, 1.54) is 0 Å². The first kappa shape index (κ1) is 9.46. The SMILES string of the molecule is CCn1ccc(-c2ccccc2Br)n1. The maximum absolute atomic E-state index is 4.45. The van der Waals surface area contributed by atoms with Gasteiger partial charge in [0.2, 0.25) is 0 Å². The van der Waals surface area contributed by atoms with Crippen LogP contribution in [0, 0.1) is 0 Å². The van der Waals surface area contributed by atoms with Gasteiger partial charge in [0.1, 0.15) is 0 Å². The molecule has 0 unspecified atom stereocenters. The van der Waals surface area contributed by atoms with Gasteiger partial charge in [0, 0.05) is 22.8 Å². The van der Waals surface area contributed by atoms with Crippen LogP contribution in [-0.2, 0) is 6.54 Å². The molecule has 72 valence electrons. The van der Waals surface area contributed by atoms with Gasteiger partial charge in [-0.15, -0.1) is 0 Å². The van der Waals surface area contributed by atoms with Crippen molar-refractivity contribution < 1.29 is 0 Å². The van der Waals surface area contributed by atoms with Gasteiger partial charge in [0.15, 0.2) is 0 Å². The first-order valence-electron chi connectivity index (χ1n) is 4.59. The van der Waals surface area contributed by atoms with Crippen LogP contribution in [0.4, 0.5) is 0 Å². The lowest BCUT2D eigenvalue weighted by Gasteiger charge is -1.99. The predicted molar refractivity (Wildman–Crippen MR) is 61.0 cm³/mol. The second-order valence-electron chi connectivity index (χ2n) is 3.04. The number of benzene rings is 1. The van der Waals surface area contributed by atoms with Crippen molar-refractivity contribution in [2.45, 2.75) is 13.5 Å². The van der Waals surface area contributed by atoms with E-state index in [0.29, 0.717) is 0 Å². The summed E-state index contributed by atoms with van der Waals surface area (Å²) in [6.45, 7) is 2.99. The number of halogens is 1. The van der Waals surface area contributed by atoms with Gasteiger partial charge in [0.25, 0.3) is 0 Å². The molecule has 0 atom stereocenters. The zero-order valence-corrected chi connectivity index (χ0v) is 9.53. The van der Waals surface area contributed by atoms with Crippen LogP contribution in [0.1, 0.15) is 6.92 Å². The van der Waals surface area contributed by atoms with E-state index in [1.807, 2.05) is 35.1 Å². The highest BCUT2D eigenvalue weighted by atomic mass is 79.9. The average molecular weight is 251 g/mol. The van der Waals surface area contributed by atoms with Gasteiger partial charge in [-0.05, 0) is 19.1 Å². The summed E-state index contributed by atoms with van der Waals surface area (Å²) in [4.78, 5) is 0. The molecule has 0 bridgehead atoms. The Bertz CT molecular complexity index is 434. The Kier molecular flexibility index (Phi) is 2.68. The Morgan fingerprint density at radius 1 is 1.29 bits per heavy atom. The molecule has 3 heteroatoms. The van der Waals surface area contributed by atoms with Crippen molar-refractivity contribution >= 4 is 15.9 Å². The topological polar surface area (TPSA) is 17.8 Å². The molecule has 1 aromatic heterocycles. The number of nitrogens with zero attached hydrogens (tertiary/aromatic N) is 2. The molecular formula is C11H11BrN2. The van der Waals surface area contributed by atoms with Crippen LogP contribution in [0.25, 0.3) is 11.3 Å². The summed E-state index contributed by atoms with van der Waals surface area (Å²) in [6.07, 6.45) is 1.99. The average Bonchev–Trinajstić information content (AvgIpc) is 2.67. The third-order valence-electron chi connectivity index (χ3n) is 2.11. The van der Waals surface area contributed by atoms with E-state index in [2.05, 4.69) is 34.0 Å². The van der Waals surface area contributed by atoms with Crippen LogP contribution in [-0.4, -0.2) is 9.78 Å². The molecule has 0 aliphatic rings. The minimum Gasteiger partial charge on any atom is -0.272 e. The molecule has 1 heterocycles. The fourth-order valence-corrected chi connectivity index (χ4v) is 1.84. The van der Waals surface area contributed by atoms with Gasteiger partial charge >= 0.3 is 0 Å². The standard InChI is InChI=1S/C11H11BrN2/c1-2-14-8-7-11(13-14)9-5-3-4-6-10(9)12/h3-8H,2H2,1H3. The third-order valence-corrected chi connectivity index (χ3v) is 2.81. The fourth-order valence-electron chi connectivity index (χ4n) is 1.35. The molecule has 2 aromatic rings. The highest BCUT2D eigenvalue weighted by Gasteiger charge is 2.04. The van der Waals surface area contributed by atoms with Crippen LogP contribution in [0.15, 0.2) is 41.0 Å². The molecule has 2 rings (SSSR count). The maximum atomic E-state index is 4.45. The van der Waals surface area contributed by atoms with Crippen LogP contribution in [0.3, 0.4) is 0 Å². The van der Waals surface area contributed by atoms with E-state index < -0.39 is 0 Å². The fraction of sp³-hybridized carbons (Fsp3) is 0.182. The van der Waals surface area contributed by atoms with Crippen molar-refractivity contribution in [3.8, 4) is 11.3 Å². The molecule has 1 aromatic carbocycles. The van der Waals surface area contributed by atoms with Crippen molar-refractivity contribution in [3.63, 3.8) is 0 Å². The lowest BCUT2D eigenvalue weighted by Crippen LogP contribution is -1.93. The molecule has 0 fully saturated rings. The van der Waals surface area contributed by atoms with Gasteiger partial charge in [-0.25, -0.2) is 0 Å². The van der Waals surface area contributed by atoms with E-state index in [4.69, 9.17) is 0 Å². The molecule has 0 spiro atoms. The first-order valence-corrected chi connectivity index (χ1v) is 5.39. The Labute approximate surface area is 91.7 Å². The van der Waals surface area contributed by atoms with Crippen molar-refractivity contribution in [2.24, 2.45) is 0 Å². The largest absolute Gasteiger partial charge is 0.272 e. The van der Waals surface area contributed by atoms with Crippen LogP contribution < -0.4 is 0 Å². The summed E-state index contributed by atoms with van der Waals surface area (Å²) >= 11 is 3.51. The minimum atomic E-state index is 0.907. The smallest absolute Gasteiger partial charge is 0.0934 e.